The molecule has 1 aliphatic rings. The second-order valence-corrected chi connectivity index (χ2v) is 5.14. The normalized spacial score (nSPS) is 14.7. The predicted octanol–water partition coefficient (Wildman–Crippen LogP) is 2.92. The maximum Gasteiger partial charge on any atom is 0.363 e. The van der Waals surface area contributed by atoms with E-state index < -0.39 is 5.97 Å². The van der Waals surface area contributed by atoms with Gasteiger partial charge in [0.05, 0.1) is 25.9 Å². The van der Waals surface area contributed by atoms with Gasteiger partial charge in [0.2, 0.25) is 5.90 Å². The SMILES string of the molecule is COc1ccc(C2=NC(=Cc3ccc(C#N)cc3)C(=O)O2)cc1OC. The quantitative estimate of drug-likeness (QED) is 0.634. The van der Waals surface area contributed by atoms with E-state index in [0.29, 0.717) is 22.6 Å². The van der Waals surface area contributed by atoms with Crippen LogP contribution in [0.3, 0.4) is 0 Å². The van der Waals surface area contributed by atoms with Gasteiger partial charge in [-0.15, -0.1) is 0 Å². The lowest BCUT2D eigenvalue weighted by Crippen LogP contribution is -2.05. The fourth-order valence-corrected chi connectivity index (χ4v) is 2.31. The van der Waals surface area contributed by atoms with Crippen LogP contribution in [0, 0.1) is 11.3 Å². The molecule has 0 saturated heterocycles. The lowest BCUT2D eigenvalue weighted by atomic mass is 10.1. The molecule has 2 aromatic carbocycles. The summed E-state index contributed by atoms with van der Waals surface area (Å²) in [7, 11) is 3.07. The van der Waals surface area contributed by atoms with Crippen LogP contribution < -0.4 is 9.47 Å². The van der Waals surface area contributed by atoms with E-state index in [2.05, 4.69) is 4.99 Å². The molecular weight excluding hydrogens is 320 g/mol. The molecule has 124 valence electrons. The zero-order chi connectivity index (χ0) is 17.8. The number of cyclic esters (lactones) is 1. The predicted molar refractivity (Wildman–Crippen MR) is 91.3 cm³/mol. The van der Waals surface area contributed by atoms with Crippen molar-refractivity contribution in [3.8, 4) is 17.6 Å². The maximum absolute atomic E-state index is 12.0. The molecule has 6 nitrogen and oxygen atoms in total. The Labute approximate surface area is 144 Å². The minimum Gasteiger partial charge on any atom is -0.493 e. The number of benzene rings is 2. The van der Waals surface area contributed by atoms with Gasteiger partial charge >= 0.3 is 5.97 Å². The summed E-state index contributed by atoms with van der Waals surface area (Å²) in [6.07, 6.45) is 1.61. The fourth-order valence-electron chi connectivity index (χ4n) is 2.31. The van der Waals surface area contributed by atoms with Gasteiger partial charge in [-0.2, -0.15) is 5.26 Å². The molecule has 0 saturated carbocycles. The first-order valence-corrected chi connectivity index (χ1v) is 7.39. The average Bonchev–Trinajstić information content (AvgIpc) is 3.02. The van der Waals surface area contributed by atoms with Crippen LogP contribution in [0.2, 0.25) is 0 Å². The molecule has 0 amide bonds. The number of carbonyl (C=O) groups is 1. The van der Waals surface area contributed by atoms with Crippen LogP contribution in [0.5, 0.6) is 11.5 Å². The van der Waals surface area contributed by atoms with Crippen molar-refractivity contribution >= 4 is 17.9 Å². The van der Waals surface area contributed by atoms with Crippen LogP contribution in [0.15, 0.2) is 53.2 Å². The molecule has 0 radical (unpaired) electrons. The van der Waals surface area contributed by atoms with E-state index >= 15 is 0 Å². The zero-order valence-corrected chi connectivity index (χ0v) is 13.6. The largest absolute Gasteiger partial charge is 0.493 e. The Morgan fingerprint density at radius 3 is 2.44 bits per heavy atom. The van der Waals surface area contributed by atoms with Crippen molar-refractivity contribution < 1.29 is 19.0 Å². The number of hydrogen-bond acceptors (Lipinski definition) is 6. The number of hydrogen-bond donors (Lipinski definition) is 0. The second-order valence-electron chi connectivity index (χ2n) is 5.14. The molecule has 0 aliphatic carbocycles. The van der Waals surface area contributed by atoms with Crippen molar-refractivity contribution in [1.82, 2.24) is 0 Å². The first-order valence-electron chi connectivity index (χ1n) is 7.39. The van der Waals surface area contributed by atoms with Gasteiger partial charge in [0, 0.05) is 5.56 Å². The molecule has 0 fully saturated rings. The first-order chi connectivity index (χ1) is 12.1. The van der Waals surface area contributed by atoms with E-state index in [4.69, 9.17) is 19.5 Å². The van der Waals surface area contributed by atoms with Crippen molar-refractivity contribution in [1.29, 1.82) is 5.26 Å². The summed E-state index contributed by atoms with van der Waals surface area (Å²) in [6.45, 7) is 0. The van der Waals surface area contributed by atoms with Crippen molar-refractivity contribution in [2.24, 2.45) is 4.99 Å². The summed E-state index contributed by atoms with van der Waals surface area (Å²) in [5.74, 6) is 0.757. The van der Waals surface area contributed by atoms with Crippen LogP contribution in [-0.4, -0.2) is 26.1 Å². The Balaban J connectivity index is 1.92. The molecule has 3 rings (SSSR count). The molecule has 0 atom stereocenters. The molecule has 6 heteroatoms. The molecule has 1 heterocycles. The smallest absolute Gasteiger partial charge is 0.363 e. The molecule has 0 spiro atoms. The number of methoxy groups -OCH3 is 2. The van der Waals surface area contributed by atoms with Crippen LogP contribution in [-0.2, 0) is 9.53 Å². The summed E-state index contributed by atoms with van der Waals surface area (Å²) >= 11 is 0. The van der Waals surface area contributed by atoms with E-state index in [0.717, 1.165) is 5.56 Å². The fraction of sp³-hybridized carbons (Fsp3) is 0.105. The molecule has 0 aromatic heterocycles. The third-order valence-corrected chi connectivity index (χ3v) is 3.59. The molecular formula is C19H14N2O4. The number of nitriles is 1. The third kappa shape index (κ3) is 3.35. The molecule has 2 aromatic rings. The third-order valence-electron chi connectivity index (χ3n) is 3.59. The lowest BCUT2D eigenvalue weighted by Gasteiger charge is -2.08. The molecule has 0 N–H and O–H groups in total. The Hall–Kier alpha value is -3.59. The van der Waals surface area contributed by atoms with Gasteiger partial charge in [-0.1, -0.05) is 12.1 Å². The van der Waals surface area contributed by atoms with Crippen LogP contribution in [0.25, 0.3) is 6.08 Å². The van der Waals surface area contributed by atoms with E-state index in [1.165, 1.54) is 7.11 Å². The Bertz CT molecular complexity index is 921. The topological polar surface area (TPSA) is 80.9 Å². The van der Waals surface area contributed by atoms with Gasteiger partial charge in [-0.3, -0.25) is 0 Å². The van der Waals surface area contributed by atoms with E-state index in [1.54, 1.807) is 55.7 Å². The van der Waals surface area contributed by atoms with Crippen molar-refractivity contribution in [3.63, 3.8) is 0 Å². The van der Waals surface area contributed by atoms with Crippen LogP contribution in [0.4, 0.5) is 0 Å². The summed E-state index contributed by atoms with van der Waals surface area (Å²) in [5.41, 5.74) is 2.10. The average molecular weight is 334 g/mol. The summed E-state index contributed by atoms with van der Waals surface area (Å²) in [4.78, 5) is 16.3. The lowest BCUT2D eigenvalue weighted by molar-refractivity contribution is -0.129. The van der Waals surface area contributed by atoms with Gasteiger partial charge < -0.3 is 14.2 Å². The summed E-state index contributed by atoms with van der Waals surface area (Å²) in [5, 5.41) is 8.82. The van der Waals surface area contributed by atoms with Gasteiger partial charge in [0.15, 0.2) is 17.2 Å². The summed E-state index contributed by atoms with van der Waals surface area (Å²) < 4.78 is 15.7. The van der Waals surface area contributed by atoms with E-state index in [9.17, 15) is 4.79 Å². The van der Waals surface area contributed by atoms with Gasteiger partial charge in [-0.25, -0.2) is 9.79 Å². The standard InChI is InChI=1S/C19H14N2O4/c1-23-16-8-7-14(10-17(16)24-2)18-21-15(19(22)25-18)9-12-3-5-13(11-20)6-4-12/h3-10H,1-2H3. The van der Waals surface area contributed by atoms with E-state index in [-0.39, 0.29) is 11.6 Å². The number of nitrogens with zero attached hydrogens (tertiary/aromatic N) is 2. The van der Waals surface area contributed by atoms with Crippen molar-refractivity contribution in [2.45, 2.75) is 0 Å². The van der Waals surface area contributed by atoms with Gasteiger partial charge in [0.1, 0.15) is 0 Å². The van der Waals surface area contributed by atoms with Gasteiger partial charge in [-0.05, 0) is 42.0 Å². The number of esters is 1. The van der Waals surface area contributed by atoms with Crippen molar-refractivity contribution in [2.75, 3.05) is 14.2 Å². The number of carbonyl (C=O) groups excluding carboxylic acids is 1. The minimum absolute atomic E-state index is 0.189. The minimum atomic E-state index is -0.533. The number of ether oxygens (including phenoxy) is 3. The molecule has 25 heavy (non-hydrogen) atoms. The molecule has 0 unspecified atom stereocenters. The maximum atomic E-state index is 12.0. The van der Waals surface area contributed by atoms with Crippen LogP contribution in [0.1, 0.15) is 16.7 Å². The van der Waals surface area contributed by atoms with Crippen LogP contribution >= 0.6 is 0 Å². The molecule has 0 bridgehead atoms. The number of rotatable bonds is 4. The summed E-state index contributed by atoms with van der Waals surface area (Å²) in [6, 6.07) is 14.0. The highest BCUT2D eigenvalue weighted by Crippen LogP contribution is 2.29. The second kappa shape index (κ2) is 6.89. The molecule has 1 aliphatic heterocycles. The number of aliphatic imine (C=N–C) groups is 1. The highest BCUT2D eigenvalue weighted by Gasteiger charge is 2.25. The Kier molecular flexibility index (Phi) is 4.48. The van der Waals surface area contributed by atoms with Crippen molar-refractivity contribution in [3.05, 3.63) is 64.9 Å². The first kappa shape index (κ1) is 16.3. The highest BCUT2D eigenvalue weighted by atomic mass is 16.6. The highest BCUT2D eigenvalue weighted by molar-refractivity contribution is 6.13. The van der Waals surface area contributed by atoms with Gasteiger partial charge in [0.25, 0.3) is 0 Å². The Morgan fingerprint density at radius 1 is 1.08 bits per heavy atom. The Morgan fingerprint density at radius 2 is 1.80 bits per heavy atom. The monoisotopic (exact) mass is 334 g/mol. The van der Waals surface area contributed by atoms with E-state index in [1.807, 2.05) is 6.07 Å². The zero-order valence-electron chi connectivity index (χ0n) is 13.6.